The van der Waals surface area contributed by atoms with Crippen LogP contribution in [0.5, 0.6) is 0 Å². The van der Waals surface area contributed by atoms with Gasteiger partial charge < -0.3 is 10.1 Å². The van der Waals surface area contributed by atoms with E-state index in [0.29, 0.717) is 13.2 Å². The lowest BCUT2D eigenvalue weighted by Crippen LogP contribution is -2.48. The molecule has 1 N–H and O–H groups in total. The van der Waals surface area contributed by atoms with Gasteiger partial charge in [-0.2, -0.15) is 0 Å². The number of nitrogens with one attached hydrogen (secondary N) is 1. The number of benzene rings is 1. The van der Waals surface area contributed by atoms with Gasteiger partial charge in [-0.05, 0) is 31.1 Å². The topological polar surface area (TPSA) is 38.3 Å². The van der Waals surface area contributed by atoms with Crippen molar-refractivity contribution in [2.45, 2.75) is 19.9 Å². The first-order valence-corrected chi connectivity index (χ1v) is 5.79. The van der Waals surface area contributed by atoms with Gasteiger partial charge in [-0.15, -0.1) is 0 Å². The monoisotopic (exact) mass is 231 g/mol. The molecule has 17 heavy (non-hydrogen) atoms. The predicted octanol–water partition coefficient (Wildman–Crippen LogP) is 1.83. The van der Waals surface area contributed by atoms with Gasteiger partial charge in [-0.3, -0.25) is 4.79 Å². The van der Waals surface area contributed by atoms with Crippen molar-refractivity contribution in [2.75, 3.05) is 13.2 Å². The zero-order valence-corrected chi connectivity index (χ0v) is 10.2. The van der Waals surface area contributed by atoms with E-state index >= 15 is 0 Å². The molecule has 0 bridgehead atoms. The minimum atomic E-state index is -0.0572. The summed E-state index contributed by atoms with van der Waals surface area (Å²) in [6.07, 6.45) is 3.43. The molecule has 0 aliphatic carbocycles. The lowest BCUT2D eigenvalue weighted by Gasteiger charge is -2.26. The maximum Gasteiger partial charge on any atom is 0.244 e. The van der Waals surface area contributed by atoms with Gasteiger partial charge in [-0.25, -0.2) is 0 Å². The third-order valence-corrected chi connectivity index (χ3v) is 2.82. The summed E-state index contributed by atoms with van der Waals surface area (Å²) in [5.74, 6) is -0.0572. The second-order valence-corrected chi connectivity index (χ2v) is 4.44. The molecule has 2 rings (SSSR count). The SMILES string of the molecule is Cc1ccc(C=CC(=O)NC2COC2)c(C)c1. The van der Waals surface area contributed by atoms with Crippen molar-refractivity contribution in [2.24, 2.45) is 0 Å². The molecule has 3 nitrogen and oxygen atoms in total. The number of aryl methyl sites for hydroxylation is 2. The summed E-state index contributed by atoms with van der Waals surface area (Å²) in [6, 6.07) is 6.37. The van der Waals surface area contributed by atoms with Crippen LogP contribution in [0.15, 0.2) is 24.3 Å². The summed E-state index contributed by atoms with van der Waals surface area (Å²) < 4.78 is 4.99. The molecule has 1 fully saturated rings. The number of hydrogen-bond acceptors (Lipinski definition) is 2. The third kappa shape index (κ3) is 3.17. The summed E-state index contributed by atoms with van der Waals surface area (Å²) in [4.78, 5) is 11.5. The molecule has 1 aliphatic rings. The van der Waals surface area contributed by atoms with Crippen molar-refractivity contribution in [1.82, 2.24) is 5.32 Å². The summed E-state index contributed by atoms with van der Waals surface area (Å²) in [6.45, 7) is 5.36. The Morgan fingerprint density at radius 1 is 1.41 bits per heavy atom. The summed E-state index contributed by atoms with van der Waals surface area (Å²) in [7, 11) is 0. The van der Waals surface area contributed by atoms with Crippen molar-refractivity contribution in [3.05, 3.63) is 41.0 Å². The zero-order chi connectivity index (χ0) is 12.3. The van der Waals surface area contributed by atoms with E-state index in [-0.39, 0.29) is 11.9 Å². The molecular weight excluding hydrogens is 214 g/mol. The fraction of sp³-hybridized carbons (Fsp3) is 0.357. The quantitative estimate of drug-likeness (QED) is 0.806. The number of carbonyl (C=O) groups excluding carboxylic acids is 1. The largest absolute Gasteiger partial charge is 0.377 e. The molecule has 0 unspecified atom stereocenters. The molecule has 1 amide bonds. The Balaban J connectivity index is 1.96. The van der Waals surface area contributed by atoms with Crippen molar-refractivity contribution in [3.63, 3.8) is 0 Å². The van der Waals surface area contributed by atoms with Crippen molar-refractivity contribution < 1.29 is 9.53 Å². The first kappa shape index (κ1) is 11.9. The van der Waals surface area contributed by atoms with Crippen LogP contribution in [0.4, 0.5) is 0 Å². The summed E-state index contributed by atoms with van der Waals surface area (Å²) in [5, 5.41) is 2.87. The number of rotatable bonds is 3. The second kappa shape index (κ2) is 5.15. The van der Waals surface area contributed by atoms with E-state index in [1.807, 2.05) is 25.1 Å². The van der Waals surface area contributed by atoms with Crippen LogP contribution in [0.25, 0.3) is 6.08 Å². The van der Waals surface area contributed by atoms with Gasteiger partial charge in [0.15, 0.2) is 0 Å². The van der Waals surface area contributed by atoms with Crippen LogP contribution in [0.2, 0.25) is 0 Å². The molecule has 0 spiro atoms. The Hall–Kier alpha value is -1.61. The lowest BCUT2D eigenvalue weighted by molar-refractivity contribution is -0.120. The van der Waals surface area contributed by atoms with Crippen molar-refractivity contribution >= 4 is 12.0 Å². The standard InChI is InChI=1S/C14H17NO2/c1-10-3-4-12(11(2)7-10)5-6-14(16)15-13-8-17-9-13/h3-7,13H,8-9H2,1-2H3,(H,15,16). The molecule has 0 radical (unpaired) electrons. The average molecular weight is 231 g/mol. The summed E-state index contributed by atoms with van der Waals surface area (Å²) in [5.41, 5.74) is 3.49. The van der Waals surface area contributed by atoms with Gasteiger partial charge in [0.1, 0.15) is 0 Å². The molecule has 0 atom stereocenters. The zero-order valence-electron chi connectivity index (χ0n) is 10.2. The minimum absolute atomic E-state index is 0.0572. The van der Waals surface area contributed by atoms with Crippen LogP contribution in [0.3, 0.4) is 0 Å². The van der Waals surface area contributed by atoms with E-state index in [0.717, 1.165) is 5.56 Å². The van der Waals surface area contributed by atoms with Gasteiger partial charge in [0, 0.05) is 6.08 Å². The smallest absolute Gasteiger partial charge is 0.244 e. The first-order valence-electron chi connectivity index (χ1n) is 5.79. The van der Waals surface area contributed by atoms with Gasteiger partial charge in [0.25, 0.3) is 0 Å². The molecule has 1 aliphatic heterocycles. The Kier molecular flexibility index (Phi) is 3.59. The van der Waals surface area contributed by atoms with E-state index in [9.17, 15) is 4.79 Å². The molecule has 1 aromatic rings. The number of carbonyl (C=O) groups is 1. The molecule has 1 aromatic carbocycles. The van der Waals surface area contributed by atoms with Gasteiger partial charge >= 0.3 is 0 Å². The Morgan fingerprint density at radius 3 is 2.76 bits per heavy atom. The highest BCUT2D eigenvalue weighted by Crippen LogP contribution is 2.12. The number of hydrogen-bond donors (Lipinski definition) is 1. The lowest BCUT2D eigenvalue weighted by atomic mass is 10.1. The van der Waals surface area contributed by atoms with E-state index in [2.05, 4.69) is 18.3 Å². The van der Waals surface area contributed by atoms with Crippen LogP contribution < -0.4 is 5.32 Å². The summed E-state index contributed by atoms with van der Waals surface area (Å²) >= 11 is 0. The van der Waals surface area contributed by atoms with Crippen molar-refractivity contribution in [1.29, 1.82) is 0 Å². The van der Waals surface area contributed by atoms with E-state index < -0.39 is 0 Å². The molecule has 0 aromatic heterocycles. The highest BCUT2D eigenvalue weighted by atomic mass is 16.5. The minimum Gasteiger partial charge on any atom is -0.377 e. The average Bonchev–Trinajstić information content (AvgIpc) is 2.22. The highest BCUT2D eigenvalue weighted by molar-refractivity contribution is 5.92. The first-order chi connectivity index (χ1) is 8.15. The fourth-order valence-electron chi connectivity index (χ4n) is 1.75. The third-order valence-electron chi connectivity index (χ3n) is 2.82. The Labute approximate surface area is 101 Å². The van der Waals surface area contributed by atoms with E-state index in [4.69, 9.17) is 4.74 Å². The molecule has 1 heterocycles. The normalized spacial score (nSPS) is 15.9. The fourth-order valence-corrected chi connectivity index (χ4v) is 1.75. The van der Waals surface area contributed by atoms with Crippen LogP contribution in [-0.2, 0) is 9.53 Å². The Morgan fingerprint density at radius 2 is 2.18 bits per heavy atom. The van der Waals surface area contributed by atoms with E-state index in [1.165, 1.54) is 11.1 Å². The van der Waals surface area contributed by atoms with Gasteiger partial charge in [-0.1, -0.05) is 23.8 Å². The molecule has 1 saturated heterocycles. The van der Waals surface area contributed by atoms with Gasteiger partial charge in [0.05, 0.1) is 19.3 Å². The van der Waals surface area contributed by atoms with Crippen LogP contribution in [-0.4, -0.2) is 25.2 Å². The molecule has 0 saturated carbocycles. The second-order valence-electron chi connectivity index (χ2n) is 4.44. The van der Waals surface area contributed by atoms with Crippen LogP contribution >= 0.6 is 0 Å². The highest BCUT2D eigenvalue weighted by Gasteiger charge is 2.18. The van der Waals surface area contributed by atoms with Crippen LogP contribution in [0.1, 0.15) is 16.7 Å². The molecular formula is C14H17NO2. The number of amides is 1. The Bertz CT molecular complexity index is 448. The maximum atomic E-state index is 11.5. The molecule has 90 valence electrons. The van der Waals surface area contributed by atoms with E-state index in [1.54, 1.807) is 6.08 Å². The number of ether oxygens (including phenoxy) is 1. The maximum absolute atomic E-state index is 11.5. The van der Waals surface area contributed by atoms with Crippen molar-refractivity contribution in [3.8, 4) is 0 Å². The van der Waals surface area contributed by atoms with Crippen LogP contribution in [0, 0.1) is 13.8 Å². The predicted molar refractivity (Wildman–Crippen MR) is 67.7 cm³/mol. The van der Waals surface area contributed by atoms with Gasteiger partial charge in [0.2, 0.25) is 5.91 Å². The molecule has 3 heteroatoms.